The molecule has 0 aliphatic carbocycles. The van der Waals surface area contributed by atoms with Crippen molar-refractivity contribution >= 4 is 39.6 Å². The quantitative estimate of drug-likeness (QED) is 0.227. The van der Waals surface area contributed by atoms with Crippen molar-refractivity contribution in [2.75, 3.05) is 27.4 Å². The number of carbonyl (C=O) groups is 2. The minimum Gasteiger partial charge on any atom is -0.465 e. The fourth-order valence-electron chi connectivity index (χ4n) is 4.43. The number of ether oxygens (including phenoxy) is 2. The Hall–Kier alpha value is -3.70. The third-order valence-electron chi connectivity index (χ3n) is 6.65. The first-order valence-electron chi connectivity index (χ1n) is 12.8. The van der Waals surface area contributed by atoms with Crippen LogP contribution in [0.2, 0.25) is 5.02 Å². The average molecular weight is 599 g/mol. The summed E-state index contributed by atoms with van der Waals surface area (Å²) in [5, 5.41) is 0.545. The second-order valence-electron chi connectivity index (χ2n) is 9.48. The molecule has 41 heavy (non-hydrogen) atoms. The van der Waals surface area contributed by atoms with Crippen molar-refractivity contribution in [3.05, 3.63) is 105 Å². The Morgan fingerprint density at radius 3 is 2.32 bits per heavy atom. The Morgan fingerprint density at radius 2 is 1.68 bits per heavy atom. The van der Waals surface area contributed by atoms with Crippen molar-refractivity contribution in [3.63, 3.8) is 0 Å². The summed E-state index contributed by atoms with van der Waals surface area (Å²) in [4.78, 5) is 27.4. The van der Waals surface area contributed by atoms with Gasteiger partial charge in [-0.25, -0.2) is 13.2 Å². The highest BCUT2D eigenvalue weighted by atomic mass is 35.5. The number of sulfonamides is 1. The van der Waals surface area contributed by atoms with Crippen molar-refractivity contribution in [2.45, 2.75) is 31.8 Å². The van der Waals surface area contributed by atoms with Gasteiger partial charge in [-0.1, -0.05) is 41.4 Å². The zero-order chi connectivity index (χ0) is 29.7. The molecule has 1 aromatic heterocycles. The number of amides is 1. The number of carbonyl (C=O) groups excluding carboxylic acids is 2. The number of furan rings is 1. The molecule has 4 rings (SSSR count). The second-order valence-corrected chi connectivity index (χ2v) is 11.9. The van der Waals surface area contributed by atoms with Gasteiger partial charge in [0.2, 0.25) is 10.0 Å². The minimum atomic E-state index is -3.91. The van der Waals surface area contributed by atoms with Gasteiger partial charge in [-0.3, -0.25) is 4.79 Å². The number of hydrogen-bond acceptors (Lipinski definition) is 7. The van der Waals surface area contributed by atoms with Crippen molar-refractivity contribution in [1.82, 2.24) is 9.21 Å². The highest BCUT2D eigenvalue weighted by Gasteiger charge is 2.37. The summed E-state index contributed by atoms with van der Waals surface area (Å²) in [5.74, 6) is -0.398. The Kier molecular flexibility index (Phi) is 9.49. The molecule has 2 heterocycles. The van der Waals surface area contributed by atoms with E-state index >= 15 is 0 Å². The van der Waals surface area contributed by atoms with Gasteiger partial charge in [-0.2, -0.15) is 4.31 Å². The Labute approximate surface area is 244 Å². The molecular formula is C30H31ClN2O7S. The fourth-order valence-corrected chi connectivity index (χ4v) is 5.95. The van der Waals surface area contributed by atoms with Gasteiger partial charge in [0.1, 0.15) is 11.5 Å². The van der Waals surface area contributed by atoms with E-state index in [4.69, 9.17) is 25.5 Å². The standard InChI is InChI=1S/C30H31ClN2O7S/c1-20-5-13-26(14-6-20)41(36,37)32(18-22-7-9-23(31)10-8-22)19-25-12-11-24(40-25)17-27-28(30(35)39-4)21(2)33(29(27)34)15-16-38-3/h5-14,17H,15-16,18-19H2,1-4H3/b27-17+. The van der Waals surface area contributed by atoms with E-state index in [0.29, 0.717) is 16.5 Å². The van der Waals surface area contributed by atoms with Crippen LogP contribution in [0, 0.1) is 6.92 Å². The number of halogens is 1. The highest BCUT2D eigenvalue weighted by molar-refractivity contribution is 7.89. The Morgan fingerprint density at radius 1 is 1.00 bits per heavy atom. The number of esters is 1. The summed E-state index contributed by atoms with van der Waals surface area (Å²) in [7, 11) is -1.14. The molecule has 0 N–H and O–H groups in total. The third-order valence-corrected chi connectivity index (χ3v) is 8.71. The van der Waals surface area contributed by atoms with Crippen molar-refractivity contribution < 1.29 is 31.9 Å². The predicted molar refractivity (Wildman–Crippen MR) is 154 cm³/mol. The van der Waals surface area contributed by atoms with Gasteiger partial charge >= 0.3 is 5.97 Å². The molecule has 216 valence electrons. The molecule has 3 aromatic rings. The molecule has 2 aromatic carbocycles. The summed E-state index contributed by atoms with van der Waals surface area (Å²) in [5.41, 5.74) is 2.40. The highest BCUT2D eigenvalue weighted by Crippen LogP contribution is 2.32. The smallest absolute Gasteiger partial charge is 0.340 e. The van der Waals surface area contributed by atoms with Crippen molar-refractivity contribution in [3.8, 4) is 0 Å². The van der Waals surface area contributed by atoms with E-state index in [9.17, 15) is 18.0 Å². The molecular weight excluding hydrogens is 568 g/mol. The van der Waals surface area contributed by atoms with Gasteiger partial charge in [0, 0.05) is 30.9 Å². The molecule has 0 radical (unpaired) electrons. The van der Waals surface area contributed by atoms with Crippen LogP contribution in [0.3, 0.4) is 0 Å². The minimum absolute atomic E-state index is 0.0748. The first-order valence-corrected chi connectivity index (χ1v) is 14.6. The maximum atomic E-state index is 13.7. The topological polar surface area (TPSA) is 106 Å². The molecule has 0 unspecified atom stereocenters. The fraction of sp³-hybridized carbons (Fsp3) is 0.267. The van der Waals surface area contributed by atoms with E-state index < -0.39 is 16.0 Å². The average Bonchev–Trinajstić information content (AvgIpc) is 3.49. The molecule has 0 saturated heterocycles. The molecule has 0 spiro atoms. The van der Waals surface area contributed by atoms with Crippen molar-refractivity contribution in [2.24, 2.45) is 0 Å². The van der Waals surface area contributed by atoms with E-state index in [-0.39, 0.29) is 54.0 Å². The van der Waals surface area contributed by atoms with Crippen LogP contribution in [-0.2, 0) is 42.2 Å². The van der Waals surface area contributed by atoms with Crippen LogP contribution in [0.15, 0.2) is 86.8 Å². The van der Waals surface area contributed by atoms with Crippen LogP contribution in [0.1, 0.15) is 29.6 Å². The van der Waals surface area contributed by atoms with Gasteiger partial charge < -0.3 is 18.8 Å². The maximum Gasteiger partial charge on any atom is 0.340 e. The Balaban J connectivity index is 1.66. The summed E-state index contributed by atoms with van der Waals surface area (Å²) < 4.78 is 44.7. The number of methoxy groups -OCH3 is 2. The lowest BCUT2D eigenvalue weighted by atomic mass is 10.1. The molecule has 11 heteroatoms. The largest absolute Gasteiger partial charge is 0.465 e. The maximum absolute atomic E-state index is 13.7. The van der Waals surface area contributed by atoms with Crippen LogP contribution < -0.4 is 0 Å². The van der Waals surface area contributed by atoms with E-state index in [2.05, 4.69) is 0 Å². The number of benzene rings is 2. The molecule has 1 aliphatic rings. The Bertz CT molecular complexity index is 1590. The monoisotopic (exact) mass is 598 g/mol. The molecule has 0 fully saturated rings. The molecule has 0 atom stereocenters. The normalized spacial score (nSPS) is 14.9. The number of allylic oxidation sites excluding steroid dienone is 1. The number of rotatable bonds is 11. The summed E-state index contributed by atoms with van der Waals surface area (Å²) in [6.07, 6.45) is 1.46. The lowest BCUT2D eigenvalue weighted by Crippen LogP contribution is -2.30. The molecule has 1 aliphatic heterocycles. The molecule has 1 amide bonds. The summed E-state index contributed by atoms with van der Waals surface area (Å²) >= 11 is 6.03. The second kappa shape index (κ2) is 12.9. The third kappa shape index (κ3) is 6.79. The van der Waals surface area contributed by atoms with Gasteiger partial charge in [0.15, 0.2) is 0 Å². The van der Waals surface area contributed by atoms with E-state index in [1.165, 1.54) is 29.5 Å². The van der Waals surface area contributed by atoms with Gasteiger partial charge in [0.25, 0.3) is 5.91 Å². The van der Waals surface area contributed by atoms with Crippen LogP contribution in [0.5, 0.6) is 0 Å². The van der Waals surface area contributed by atoms with Crippen LogP contribution in [0.4, 0.5) is 0 Å². The number of aryl methyl sites for hydroxylation is 1. The van der Waals surface area contributed by atoms with Gasteiger partial charge in [-0.05, 0) is 61.9 Å². The lowest BCUT2D eigenvalue weighted by Gasteiger charge is -2.21. The molecule has 0 saturated carbocycles. The van der Waals surface area contributed by atoms with Gasteiger partial charge in [-0.15, -0.1) is 0 Å². The van der Waals surface area contributed by atoms with E-state index in [1.807, 2.05) is 6.92 Å². The first kappa shape index (κ1) is 30.3. The summed E-state index contributed by atoms with van der Waals surface area (Å²) in [6, 6.07) is 16.8. The van der Waals surface area contributed by atoms with Crippen molar-refractivity contribution in [1.29, 1.82) is 0 Å². The zero-order valence-corrected chi connectivity index (χ0v) is 24.8. The van der Waals surface area contributed by atoms with Gasteiger partial charge in [0.05, 0.1) is 36.3 Å². The summed E-state index contributed by atoms with van der Waals surface area (Å²) in [6.45, 7) is 4.10. The van der Waals surface area contributed by atoms with E-state index in [0.717, 1.165) is 11.1 Å². The first-order chi connectivity index (χ1) is 19.5. The predicted octanol–water partition coefficient (Wildman–Crippen LogP) is 4.95. The van der Waals surface area contributed by atoms with Crippen LogP contribution >= 0.6 is 11.6 Å². The number of hydrogen-bond donors (Lipinski definition) is 0. The van der Waals surface area contributed by atoms with E-state index in [1.54, 1.807) is 67.6 Å². The molecule has 9 nitrogen and oxygen atoms in total. The molecule has 0 bridgehead atoms. The number of nitrogens with zero attached hydrogens (tertiary/aromatic N) is 2. The lowest BCUT2D eigenvalue weighted by molar-refractivity contribution is -0.136. The van der Waals surface area contributed by atoms with Crippen LogP contribution in [-0.4, -0.2) is 56.9 Å². The van der Waals surface area contributed by atoms with Crippen LogP contribution in [0.25, 0.3) is 6.08 Å². The SMILES string of the molecule is COCCN1C(=O)/C(=C/c2ccc(CN(Cc3ccc(Cl)cc3)S(=O)(=O)c3ccc(C)cc3)o2)C(C(=O)OC)=C1C. The zero-order valence-electron chi connectivity index (χ0n) is 23.2.